The van der Waals surface area contributed by atoms with Crippen molar-refractivity contribution < 1.29 is 33.8 Å². The number of benzene rings is 1. The van der Waals surface area contributed by atoms with Crippen LogP contribution in [-0.4, -0.2) is 74.7 Å². The van der Waals surface area contributed by atoms with Gasteiger partial charge in [0.25, 0.3) is 0 Å². The molecule has 43 heavy (non-hydrogen) atoms. The second-order valence-corrected chi connectivity index (χ2v) is 12.6. The molecule has 3 N–H and O–H groups in total. The summed E-state index contributed by atoms with van der Waals surface area (Å²) in [6.45, 7) is 5.32. The summed E-state index contributed by atoms with van der Waals surface area (Å²) in [5, 5.41) is 16.4. The van der Waals surface area contributed by atoms with Crippen molar-refractivity contribution in [1.82, 2.24) is 20.5 Å². The Labute approximate surface area is 251 Å². The number of aliphatic carboxylic acids is 1. The maximum absolute atomic E-state index is 14.1. The zero-order valence-corrected chi connectivity index (χ0v) is 24.9. The minimum Gasteiger partial charge on any atom is -0.488 e. The number of allylic oxidation sites excluding steroid dienone is 1. The van der Waals surface area contributed by atoms with Crippen molar-refractivity contribution in [1.29, 1.82) is 0 Å². The fourth-order valence-corrected chi connectivity index (χ4v) is 5.95. The van der Waals surface area contributed by atoms with Crippen molar-refractivity contribution in [3.8, 4) is 5.75 Å². The topological polar surface area (TPSA) is 147 Å². The highest BCUT2D eigenvalue weighted by molar-refractivity contribution is 5.96. The lowest BCUT2D eigenvalue weighted by Crippen LogP contribution is -2.56. The molecule has 2 aliphatic heterocycles. The van der Waals surface area contributed by atoms with Crippen LogP contribution in [0.1, 0.15) is 65.7 Å². The molecule has 5 rings (SSSR count). The number of amides is 3. The van der Waals surface area contributed by atoms with E-state index in [1.165, 1.54) is 4.90 Å². The maximum Gasteiger partial charge on any atom is 0.408 e. The molecular formula is C32H40N4O7. The lowest BCUT2D eigenvalue weighted by molar-refractivity contribution is -0.145. The van der Waals surface area contributed by atoms with Gasteiger partial charge < -0.3 is 30.1 Å². The molecule has 3 aliphatic rings. The van der Waals surface area contributed by atoms with E-state index in [9.17, 15) is 24.3 Å². The van der Waals surface area contributed by atoms with Gasteiger partial charge >= 0.3 is 12.1 Å². The molecule has 2 fully saturated rings. The number of para-hydroxylation sites is 1. The molecule has 1 saturated carbocycles. The smallest absolute Gasteiger partial charge is 0.408 e. The van der Waals surface area contributed by atoms with Crippen LogP contribution in [0.4, 0.5) is 4.79 Å². The Morgan fingerprint density at radius 1 is 1.14 bits per heavy atom. The molecular weight excluding hydrogens is 552 g/mol. The summed E-state index contributed by atoms with van der Waals surface area (Å²) < 4.78 is 11.8. The molecule has 1 aromatic carbocycles. The van der Waals surface area contributed by atoms with Crippen molar-refractivity contribution in [2.24, 2.45) is 5.92 Å². The Morgan fingerprint density at radius 3 is 2.70 bits per heavy atom. The molecule has 230 valence electrons. The van der Waals surface area contributed by atoms with Gasteiger partial charge in [-0.05, 0) is 64.7 Å². The largest absolute Gasteiger partial charge is 0.488 e. The van der Waals surface area contributed by atoms with Crippen molar-refractivity contribution in [3.05, 3.63) is 48.7 Å². The normalized spacial score (nSPS) is 28.1. The minimum absolute atomic E-state index is 0.0868. The van der Waals surface area contributed by atoms with Crippen LogP contribution in [0.25, 0.3) is 10.9 Å². The van der Waals surface area contributed by atoms with Crippen LogP contribution in [0.2, 0.25) is 0 Å². The van der Waals surface area contributed by atoms with Gasteiger partial charge in [-0.3, -0.25) is 14.6 Å². The highest BCUT2D eigenvalue weighted by Gasteiger charge is 2.61. The third-order valence-electron chi connectivity index (χ3n) is 8.21. The summed E-state index contributed by atoms with van der Waals surface area (Å²) in [6.07, 6.45) is 8.14. The first-order valence-corrected chi connectivity index (χ1v) is 15.0. The number of pyridine rings is 1. The summed E-state index contributed by atoms with van der Waals surface area (Å²) in [5.41, 5.74) is -1.41. The average Bonchev–Trinajstić information content (AvgIpc) is 3.48. The van der Waals surface area contributed by atoms with Gasteiger partial charge in [0.2, 0.25) is 11.8 Å². The van der Waals surface area contributed by atoms with E-state index in [0.717, 1.165) is 30.2 Å². The third-order valence-corrected chi connectivity index (χ3v) is 8.21. The molecule has 0 spiro atoms. The summed E-state index contributed by atoms with van der Waals surface area (Å²) in [4.78, 5) is 58.8. The quantitative estimate of drug-likeness (QED) is 0.452. The molecule has 0 radical (unpaired) electrons. The summed E-state index contributed by atoms with van der Waals surface area (Å²) >= 11 is 0. The number of rotatable bonds is 4. The number of nitrogens with zero attached hydrogens (tertiary/aromatic N) is 2. The first-order valence-electron chi connectivity index (χ1n) is 15.0. The maximum atomic E-state index is 14.1. The monoisotopic (exact) mass is 592 g/mol. The number of hydrogen-bond donors (Lipinski definition) is 3. The van der Waals surface area contributed by atoms with E-state index in [0.29, 0.717) is 18.6 Å². The van der Waals surface area contributed by atoms with Gasteiger partial charge in [-0.15, -0.1) is 0 Å². The van der Waals surface area contributed by atoms with Crippen molar-refractivity contribution in [2.45, 2.75) is 95.0 Å². The number of carbonyl (C=O) groups excluding carboxylic acids is 3. The van der Waals surface area contributed by atoms with Gasteiger partial charge in [0.1, 0.15) is 35.1 Å². The van der Waals surface area contributed by atoms with E-state index in [2.05, 4.69) is 15.6 Å². The number of hydrogen-bond acceptors (Lipinski definition) is 7. The van der Waals surface area contributed by atoms with E-state index < -0.39 is 53.2 Å². The van der Waals surface area contributed by atoms with Gasteiger partial charge in [-0.2, -0.15) is 0 Å². The Hall–Kier alpha value is -4.15. The van der Waals surface area contributed by atoms with Crippen LogP contribution in [0.15, 0.2) is 48.7 Å². The molecule has 1 unspecified atom stereocenters. The molecule has 0 bridgehead atoms. The number of ether oxygens (including phenoxy) is 2. The van der Waals surface area contributed by atoms with Gasteiger partial charge in [-0.1, -0.05) is 37.1 Å². The van der Waals surface area contributed by atoms with E-state index in [-0.39, 0.29) is 25.3 Å². The number of carbonyl (C=O) groups is 4. The average molecular weight is 593 g/mol. The standard InChI is InChI=1S/C32H40N4O7/c1-31(2,3)43-30(41)34-24-14-8-6-4-5-7-11-20-18-32(20,29(39)40)35-27(37)25-17-21(19-36(25)28(24)38)42-26-15-16-33-23-13-10-9-12-22(23)26/h7,9-13,15-16,20-21,24-25H,4-6,8,14,17-19H2,1-3H3,(H,34,41)(H,35,37)(H,39,40)/t20?,21-,24+,25+,32-/m1/s1. The van der Waals surface area contributed by atoms with Gasteiger partial charge in [0.05, 0.1) is 12.1 Å². The van der Waals surface area contributed by atoms with Crippen LogP contribution in [0.5, 0.6) is 5.75 Å². The molecule has 11 heteroatoms. The molecule has 1 saturated heterocycles. The zero-order valence-electron chi connectivity index (χ0n) is 24.9. The fraction of sp³-hybridized carbons (Fsp3) is 0.531. The SMILES string of the molecule is CC(C)(C)OC(=O)N[C@H]1CCCCCC=CC2C[C@@]2(C(=O)O)NC(=O)[C@@H]2C[C@@H](Oc3ccnc4ccccc34)CN2C1=O. The second-order valence-electron chi connectivity index (χ2n) is 12.6. The Kier molecular flexibility index (Phi) is 8.62. The number of fused-ring (bicyclic) bond motifs is 3. The van der Waals surface area contributed by atoms with Crippen molar-refractivity contribution >= 4 is 34.8 Å². The first-order chi connectivity index (χ1) is 20.5. The van der Waals surface area contributed by atoms with Gasteiger partial charge in [0.15, 0.2) is 0 Å². The number of carboxylic acids is 1. The summed E-state index contributed by atoms with van der Waals surface area (Å²) in [6, 6.07) is 7.36. The Bertz CT molecular complexity index is 1410. The molecule has 1 aliphatic carbocycles. The highest BCUT2D eigenvalue weighted by Crippen LogP contribution is 2.45. The van der Waals surface area contributed by atoms with Crippen molar-refractivity contribution in [2.75, 3.05) is 6.54 Å². The second kappa shape index (κ2) is 12.2. The van der Waals surface area contributed by atoms with Crippen LogP contribution >= 0.6 is 0 Å². The predicted molar refractivity (Wildman–Crippen MR) is 158 cm³/mol. The molecule has 1 aromatic heterocycles. The van der Waals surface area contributed by atoms with Gasteiger partial charge in [0, 0.05) is 23.9 Å². The van der Waals surface area contributed by atoms with E-state index in [1.807, 2.05) is 36.4 Å². The van der Waals surface area contributed by atoms with E-state index in [1.54, 1.807) is 33.0 Å². The molecule has 3 amide bonds. The van der Waals surface area contributed by atoms with Crippen LogP contribution in [0, 0.1) is 5.92 Å². The highest BCUT2D eigenvalue weighted by atomic mass is 16.6. The molecule has 11 nitrogen and oxygen atoms in total. The number of nitrogens with one attached hydrogen (secondary N) is 2. The lowest BCUT2D eigenvalue weighted by atomic mass is 10.0. The number of aromatic nitrogens is 1. The molecule has 5 atom stereocenters. The zero-order chi connectivity index (χ0) is 30.8. The summed E-state index contributed by atoms with van der Waals surface area (Å²) in [7, 11) is 0. The lowest BCUT2D eigenvalue weighted by Gasteiger charge is -2.30. The minimum atomic E-state index is -1.41. The van der Waals surface area contributed by atoms with E-state index in [4.69, 9.17) is 9.47 Å². The van der Waals surface area contributed by atoms with E-state index >= 15 is 0 Å². The fourth-order valence-electron chi connectivity index (χ4n) is 5.95. The third kappa shape index (κ3) is 6.92. The van der Waals surface area contributed by atoms with Crippen molar-refractivity contribution in [3.63, 3.8) is 0 Å². The Morgan fingerprint density at radius 2 is 1.93 bits per heavy atom. The number of carboxylic acid groups (broad SMARTS) is 1. The summed E-state index contributed by atoms with van der Waals surface area (Å²) in [5.74, 6) is -1.83. The van der Waals surface area contributed by atoms with Crippen LogP contribution < -0.4 is 15.4 Å². The number of alkyl carbamates (subject to hydrolysis) is 1. The predicted octanol–water partition coefficient (Wildman–Crippen LogP) is 3.96. The van der Waals surface area contributed by atoms with Crippen LogP contribution in [-0.2, 0) is 19.1 Å². The van der Waals surface area contributed by atoms with Crippen LogP contribution in [0.3, 0.4) is 0 Å². The first kappa shape index (κ1) is 30.3. The Balaban J connectivity index is 1.44. The van der Waals surface area contributed by atoms with Gasteiger partial charge in [-0.25, -0.2) is 9.59 Å². The molecule has 2 aromatic rings. The molecule has 3 heterocycles.